The number of para-hydroxylation sites is 1. The minimum atomic E-state index is -1.23. The van der Waals surface area contributed by atoms with Gasteiger partial charge in [0.1, 0.15) is 12.1 Å². The number of amides is 3. The van der Waals surface area contributed by atoms with Crippen LogP contribution in [0.25, 0.3) is 10.9 Å². The number of nitrogens with zero attached hydrogens (tertiary/aromatic N) is 1. The van der Waals surface area contributed by atoms with Crippen LogP contribution in [0.15, 0.2) is 73.3 Å². The van der Waals surface area contributed by atoms with Gasteiger partial charge in [0.15, 0.2) is 0 Å². The Morgan fingerprint density at radius 1 is 0.875 bits per heavy atom. The smallest absolute Gasteiger partial charge is 0.326 e. The van der Waals surface area contributed by atoms with Gasteiger partial charge >= 0.3 is 5.97 Å². The number of rotatable bonds is 13. The number of carboxylic acids is 1. The predicted octanol–water partition coefficient (Wildman–Crippen LogP) is 0.417. The molecular weight excluding hydrogens is 514 g/mol. The zero-order valence-electron chi connectivity index (χ0n) is 21.6. The summed E-state index contributed by atoms with van der Waals surface area (Å²) >= 11 is 0. The number of fused-ring (bicyclic) bond motifs is 1. The van der Waals surface area contributed by atoms with Gasteiger partial charge in [-0.15, -0.1) is 0 Å². The number of hydrogen-bond donors (Lipinski definition) is 7. The van der Waals surface area contributed by atoms with E-state index in [-0.39, 0.29) is 19.3 Å². The number of nitrogens with two attached hydrogens (primary N) is 1. The second-order valence-electron chi connectivity index (χ2n) is 9.38. The van der Waals surface area contributed by atoms with Crippen molar-refractivity contribution in [3.05, 3.63) is 90.1 Å². The van der Waals surface area contributed by atoms with Crippen LogP contribution >= 0.6 is 0 Å². The summed E-state index contributed by atoms with van der Waals surface area (Å²) in [6, 6.07) is 13.6. The molecule has 8 N–H and O–H groups in total. The Hall–Kier alpha value is -4.97. The third kappa shape index (κ3) is 7.54. The van der Waals surface area contributed by atoms with Crippen LogP contribution in [0.3, 0.4) is 0 Å². The van der Waals surface area contributed by atoms with E-state index in [0.717, 1.165) is 22.0 Å². The van der Waals surface area contributed by atoms with Crippen molar-refractivity contribution in [1.29, 1.82) is 0 Å². The average molecular weight is 546 g/mol. The minimum Gasteiger partial charge on any atom is -0.480 e. The van der Waals surface area contributed by atoms with E-state index in [9.17, 15) is 24.3 Å². The van der Waals surface area contributed by atoms with Gasteiger partial charge in [-0.2, -0.15) is 0 Å². The predicted molar refractivity (Wildman–Crippen MR) is 147 cm³/mol. The number of imidazole rings is 1. The Balaban J connectivity index is 1.37. The van der Waals surface area contributed by atoms with E-state index in [1.165, 1.54) is 12.5 Å². The number of benzene rings is 2. The van der Waals surface area contributed by atoms with Crippen molar-refractivity contribution in [3.63, 3.8) is 0 Å². The number of aromatic amines is 2. The second kappa shape index (κ2) is 13.2. The van der Waals surface area contributed by atoms with Crippen molar-refractivity contribution in [3.8, 4) is 0 Å². The first-order chi connectivity index (χ1) is 19.3. The van der Waals surface area contributed by atoms with Crippen molar-refractivity contribution in [1.82, 2.24) is 30.9 Å². The van der Waals surface area contributed by atoms with Gasteiger partial charge in [-0.05, 0) is 23.6 Å². The summed E-state index contributed by atoms with van der Waals surface area (Å²) in [6.45, 7) is -0.478. The molecule has 2 heterocycles. The summed E-state index contributed by atoms with van der Waals surface area (Å²) in [4.78, 5) is 60.0. The van der Waals surface area contributed by atoms with E-state index in [1.54, 1.807) is 6.20 Å². The maximum atomic E-state index is 13.1. The van der Waals surface area contributed by atoms with E-state index in [0.29, 0.717) is 5.69 Å². The van der Waals surface area contributed by atoms with Gasteiger partial charge in [0.05, 0.1) is 18.9 Å². The number of aliphatic carboxylic acids is 1. The Morgan fingerprint density at radius 3 is 2.35 bits per heavy atom. The van der Waals surface area contributed by atoms with Gasteiger partial charge < -0.3 is 36.8 Å². The lowest BCUT2D eigenvalue weighted by Gasteiger charge is -2.21. The van der Waals surface area contributed by atoms with Crippen LogP contribution in [0, 0.1) is 0 Å². The minimum absolute atomic E-state index is 0.00394. The van der Waals surface area contributed by atoms with E-state index >= 15 is 0 Å². The quantitative estimate of drug-likeness (QED) is 0.126. The molecule has 0 aliphatic heterocycles. The van der Waals surface area contributed by atoms with Gasteiger partial charge in [-0.1, -0.05) is 48.5 Å². The molecule has 4 aromatic rings. The molecule has 0 aliphatic rings. The lowest BCUT2D eigenvalue weighted by Crippen LogP contribution is -2.54. The van der Waals surface area contributed by atoms with Crippen molar-refractivity contribution < 1.29 is 24.3 Å². The lowest BCUT2D eigenvalue weighted by molar-refractivity contribution is -0.141. The summed E-state index contributed by atoms with van der Waals surface area (Å²) in [6.07, 6.45) is 5.09. The molecule has 0 radical (unpaired) electrons. The molecule has 3 atom stereocenters. The molecule has 0 saturated carbocycles. The number of carboxylic acid groups (broad SMARTS) is 1. The molecule has 0 bridgehead atoms. The fourth-order valence-electron chi connectivity index (χ4n) is 4.32. The maximum Gasteiger partial charge on any atom is 0.326 e. The average Bonchev–Trinajstić information content (AvgIpc) is 3.61. The fraction of sp³-hybridized carbons (Fsp3) is 0.250. The number of H-pyrrole nitrogens is 2. The Kier molecular flexibility index (Phi) is 9.26. The number of aromatic nitrogens is 3. The van der Waals surface area contributed by atoms with Crippen LogP contribution in [0.4, 0.5) is 0 Å². The molecule has 208 valence electrons. The van der Waals surface area contributed by atoms with Crippen LogP contribution in [0.1, 0.15) is 16.8 Å². The molecule has 0 saturated heterocycles. The maximum absolute atomic E-state index is 13.1. The molecule has 3 unspecified atom stereocenters. The van der Waals surface area contributed by atoms with Crippen LogP contribution in [-0.2, 0) is 38.4 Å². The van der Waals surface area contributed by atoms with Gasteiger partial charge in [0, 0.05) is 41.8 Å². The van der Waals surface area contributed by atoms with Crippen LogP contribution in [0.2, 0.25) is 0 Å². The van der Waals surface area contributed by atoms with Crippen LogP contribution < -0.4 is 21.7 Å². The number of carbonyl (C=O) groups is 4. The number of nitrogens with one attached hydrogen (secondary N) is 5. The fourth-order valence-corrected chi connectivity index (χ4v) is 4.32. The monoisotopic (exact) mass is 545 g/mol. The largest absolute Gasteiger partial charge is 0.480 e. The van der Waals surface area contributed by atoms with Crippen molar-refractivity contribution >= 4 is 34.6 Å². The highest BCUT2D eigenvalue weighted by molar-refractivity contribution is 5.93. The number of carbonyl (C=O) groups excluding carboxylic acids is 3. The summed E-state index contributed by atoms with van der Waals surface area (Å²) in [5, 5.41) is 18.0. The molecule has 0 spiro atoms. The normalized spacial score (nSPS) is 13.2. The van der Waals surface area contributed by atoms with Crippen molar-refractivity contribution in [2.24, 2.45) is 5.73 Å². The Bertz CT molecular complexity index is 1450. The van der Waals surface area contributed by atoms with Gasteiger partial charge in [-0.25, -0.2) is 9.78 Å². The summed E-state index contributed by atoms with van der Waals surface area (Å²) in [7, 11) is 0. The highest BCUT2D eigenvalue weighted by Crippen LogP contribution is 2.19. The first-order valence-corrected chi connectivity index (χ1v) is 12.7. The molecular formula is C28H31N7O5. The third-order valence-electron chi connectivity index (χ3n) is 6.40. The molecule has 0 aliphatic carbocycles. The van der Waals surface area contributed by atoms with E-state index in [4.69, 9.17) is 5.73 Å². The first-order valence-electron chi connectivity index (χ1n) is 12.7. The molecule has 0 fully saturated rings. The standard InChI is InChI=1S/C28H31N7O5/c29-21(11-18-13-31-22-9-5-4-8-20(18)22)26(37)35-23(10-17-6-2-1-3-7-17)27(38)32-15-25(36)34-24(28(39)40)12-19-14-30-16-33-19/h1-9,13-14,16,21,23-24,31H,10-12,15,29H2,(H,30,33)(H,32,38)(H,34,36)(H,35,37)(H,39,40). The molecule has 4 rings (SSSR count). The second-order valence-corrected chi connectivity index (χ2v) is 9.38. The summed E-state index contributed by atoms with van der Waals surface area (Å²) < 4.78 is 0. The zero-order chi connectivity index (χ0) is 28.5. The summed E-state index contributed by atoms with van der Waals surface area (Å²) in [5.74, 6) is -3.04. The van der Waals surface area contributed by atoms with Gasteiger partial charge in [0.2, 0.25) is 17.7 Å². The van der Waals surface area contributed by atoms with Crippen LogP contribution in [0.5, 0.6) is 0 Å². The van der Waals surface area contributed by atoms with Gasteiger partial charge in [-0.3, -0.25) is 14.4 Å². The molecule has 2 aromatic heterocycles. The van der Waals surface area contributed by atoms with E-state index in [2.05, 4.69) is 30.9 Å². The Morgan fingerprint density at radius 2 is 1.62 bits per heavy atom. The molecule has 3 amide bonds. The van der Waals surface area contributed by atoms with E-state index in [1.807, 2.05) is 54.6 Å². The van der Waals surface area contributed by atoms with Crippen molar-refractivity contribution in [2.45, 2.75) is 37.4 Å². The van der Waals surface area contributed by atoms with Crippen molar-refractivity contribution in [2.75, 3.05) is 6.54 Å². The summed E-state index contributed by atoms with van der Waals surface area (Å²) in [5.41, 5.74) is 9.35. The highest BCUT2D eigenvalue weighted by Gasteiger charge is 2.26. The Labute approximate surface area is 229 Å². The topological polar surface area (TPSA) is 195 Å². The first kappa shape index (κ1) is 28.0. The third-order valence-corrected chi connectivity index (χ3v) is 6.40. The van der Waals surface area contributed by atoms with Gasteiger partial charge in [0.25, 0.3) is 0 Å². The molecule has 12 nitrogen and oxygen atoms in total. The zero-order valence-corrected chi connectivity index (χ0v) is 21.6. The van der Waals surface area contributed by atoms with Crippen LogP contribution in [-0.4, -0.2) is 68.4 Å². The lowest BCUT2D eigenvalue weighted by atomic mass is 10.0. The highest BCUT2D eigenvalue weighted by atomic mass is 16.4. The molecule has 2 aromatic carbocycles. The van der Waals surface area contributed by atoms with E-state index < -0.39 is 48.4 Å². The number of hydrogen-bond acceptors (Lipinski definition) is 6. The molecule has 12 heteroatoms. The molecule has 40 heavy (non-hydrogen) atoms. The SMILES string of the molecule is NC(Cc1c[nH]c2ccccc12)C(=O)NC(Cc1ccccc1)C(=O)NCC(=O)NC(Cc1cnc[nH]1)C(=O)O.